The molecule has 0 spiro atoms. The lowest BCUT2D eigenvalue weighted by molar-refractivity contribution is -0.384. The van der Waals surface area contributed by atoms with Crippen molar-refractivity contribution in [3.8, 4) is 5.75 Å². The summed E-state index contributed by atoms with van der Waals surface area (Å²) in [5.74, 6) is -0.384. The summed E-state index contributed by atoms with van der Waals surface area (Å²) in [7, 11) is 0. The number of phenolic OH excluding ortho intramolecular Hbond substituents is 1. The van der Waals surface area contributed by atoms with Gasteiger partial charge in [0.1, 0.15) is 11.6 Å². The van der Waals surface area contributed by atoms with Crippen LogP contribution in [0.1, 0.15) is 23.6 Å². The van der Waals surface area contributed by atoms with Gasteiger partial charge in [0.05, 0.1) is 16.7 Å². The topological polar surface area (TPSA) is 87.8 Å². The Morgan fingerprint density at radius 1 is 1.27 bits per heavy atom. The lowest BCUT2D eigenvalue weighted by Gasteiger charge is -2.10. The van der Waals surface area contributed by atoms with E-state index >= 15 is 0 Å². The lowest BCUT2D eigenvalue weighted by atomic mass is 9.98. The zero-order chi connectivity index (χ0) is 15.7. The quantitative estimate of drug-likeness (QED) is 0.674. The molecule has 2 aromatic rings. The molecule has 112 valence electrons. The molecular weight excluding hydrogens is 289 g/mol. The van der Waals surface area contributed by atoms with Crippen LogP contribution in [-0.2, 0) is 0 Å². The molecule has 2 N–H and O–H groups in total. The summed E-state index contributed by atoms with van der Waals surface area (Å²) < 4.78 is 12.9. The Morgan fingerprint density at radius 3 is 2.68 bits per heavy atom. The SMILES string of the molecule is O=[N+]([O-])c1ccc(O)c(C2=NN[C@@H](c3ccc(F)cc3)C2)c1. The van der Waals surface area contributed by atoms with Gasteiger partial charge in [0.25, 0.3) is 5.69 Å². The second-order valence-electron chi connectivity index (χ2n) is 4.95. The van der Waals surface area contributed by atoms with Gasteiger partial charge in [-0.05, 0) is 23.8 Å². The number of phenols is 1. The van der Waals surface area contributed by atoms with Crippen molar-refractivity contribution in [1.82, 2.24) is 5.43 Å². The highest BCUT2D eigenvalue weighted by Crippen LogP contribution is 2.30. The maximum Gasteiger partial charge on any atom is 0.270 e. The summed E-state index contributed by atoms with van der Waals surface area (Å²) in [6, 6.07) is 9.68. The molecule has 1 aliphatic heterocycles. The molecule has 0 saturated carbocycles. The minimum Gasteiger partial charge on any atom is -0.507 e. The van der Waals surface area contributed by atoms with Gasteiger partial charge in [-0.3, -0.25) is 10.1 Å². The molecule has 0 amide bonds. The highest BCUT2D eigenvalue weighted by molar-refractivity contribution is 6.04. The third kappa shape index (κ3) is 2.60. The van der Waals surface area contributed by atoms with Crippen LogP contribution in [0, 0.1) is 15.9 Å². The first-order valence-corrected chi connectivity index (χ1v) is 6.60. The number of non-ortho nitro benzene ring substituents is 1. The van der Waals surface area contributed by atoms with Crippen molar-refractivity contribution in [1.29, 1.82) is 0 Å². The summed E-state index contributed by atoms with van der Waals surface area (Å²) in [5.41, 5.74) is 4.49. The van der Waals surface area contributed by atoms with Gasteiger partial charge in [-0.25, -0.2) is 4.39 Å². The maximum atomic E-state index is 12.9. The van der Waals surface area contributed by atoms with Crippen LogP contribution in [0.4, 0.5) is 10.1 Å². The largest absolute Gasteiger partial charge is 0.507 e. The van der Waals surface area contributed by atoms with Crippen LogP contribution in [0.5, 0.6) is 5.75 Å². The van der Waals surface area contributed by atoms with Gasteiger partial charge in [-0.1, -0.05) is 12.1 Å². The molecule has 7 heteroatoms. The summed E-state index contributed by atoms with van der Waals surface area (Å²) in [6.45, 7) is 0. The fourth-order valence-corrected chi connectivity index (χ4v) is 2.37. The van der Waals surface area contributed by atoms with Crippen molar-refractivity contribution in [3.05, 3.63) is 69.5 Å². The number of aromatic hydroxyl groups is 1. The van der Waals surface area contributed by atoms with Gasteiger partial charge in [0, 0.05) is 24.1 Å². The highest BCUT2D eigenvalue weighted by Gasteiger charge is 2.24. The van der Waals surface area contributed by atoms with Crippen LogP contribution >= 0.6 is 0 Å². The van der Waals surface area contributed by atoms with Crippen molar-refractivity contribution in [2.75, 3.05) is 0 Å². The Bertz CT molecular complexity index is 759. The molecule has 6 nitrogen and oxygen atoms in total. The van der Waals surface area contributed by atoms with Crippen LogP contribution in [0.15, 0.2) is 47.6 Å². The number of hydrazone groups is 1. The zero-order valence-corrected chi connectivity index (χ0v) is 11.4. The minimum atomic E-state index is -0.524. The van der Waals surface area contributed by atoms with Crippen molar-refractivity contribution in [3.63, 3.8) is 0 Å². The van der Waals surface area contributed by atoms with E-state index in [0.29, 0.717) is 17.7 Å². The third-order valence-corrected chi connectivity index (χ3v) is 3.53. The summed E-state index contributed by atoms with van der Waals surface area (Å²) >= 11 is 0. The molecule has 1 aliphatic rings. The molecule has 0 fully saturated rings. The Hall–Kier alpha value is -2.96. The van der Waals surface area contributed by atoms with Gasteiger partial charge >= 0.3 is 0 Å². The number of nitro benzene ring substituents is 1. The van der Waals surface area contributed by atoms with Crippen LogP contribution < -0.4 is 5.43 Å². The first kappa shape index (κ1) is 14.0. The van der Waals surface area contributed by atoms with E-state index < -0.39 is 4.92 Å². The van der Waals surface area contributed by atoms with E-state index in [9.17, 15) is 19.6 Å². The molecule has 0 unspecified atom stereocenters. The van der Waals surface area contributed by atoms with Crippen molar-refractivity contribution < 1.29 is 14.4 Å². The molecule has 0 bridgehead atoms. The van der Waals surface area contributed by atoms with E-state index in [4.69, 9.17) is 0 Å². The summed E-state index contributed by atoms with van der Waals surface area (Å²) in [5, 5.41) is 24.9. The number of hydrogen-bond acceptors (Lipinski definition) is 5. The number of benzene rings is 2. The fraction of sp³-hybridized carbons (Fsp3) is 0.133. The third-order valence-electron chi connectivity index (χ3n) is 3.53. The van der Waals surface area contributed by atoms with E-state index in [2.05, 4.69) is 10.5 Å². The summed E-state index contributed by atoms with van der Waals surface area (Å²) in [6.07, 6.45) is 0.445. The van der Waals surface area contributed by atoms with Crippen molar-refractivity contribution >= 4 is 11.4 Å². The summed E-state index contributed by atoms with van der Waals surface area (Å²) in [4.78, 5) is 10.3. The second kappa shape index (κ2) is 5.44. The zero-order valence-electron chi connectivity index (χ0n) is 11.4. The number of hydrogen-bond donors (Lipinski definition) is 2. The Kier molecular flexibility index (Phi) is 3.46. The first-order valence-electron chi connectivity index (χ1n) is 6.60. The molecule has 1 atom stereocenters. The maximum absolute atomic E-state index is 12.9. The van der Waals surface area contributed by atoms with Crippen molar-refractivity contribution in [2.45, 2.75) is 12.5 Å². The molecule has 0 aliphatic carbocycles. The van der Waals surface area contributed by atoms with Crippen LogP contribution in [-0.4, -0.2) is 15.7 Å². The number of nitro groups is 1. The number of nitrogens with zero attached hydrogens (tertiary/aromatic N) is 2. The van der Waals surface area contributed by atoms with Gasteiger partial charge in [0.2, 0.25) is 0 Å². The second-order valence-corrected chi connectivity index (χ2v) is 4.95. The van der Waals surface area contributed by atoms with Gasteiger partial charge < -0.3 is 10.5 Å². The van der Waals surface area contributed by atoms with E-state index in [-0.39, 0.29) is 23.3 Å². The van der Waals surface area contributed by atoms with Crippen LogP contribution in [0.2, 0.25) is 0 Å². The fourth-order valence-electron chi connectivity index (χ4n) is 2.37. The number of nitrogens with one attached hydrogen (secondary N) is 1. The molecule has 0 aromatic heterocycles. The monoisotopic (exact) mass is 301 g/mol. The molecule has 0 saturated heterocycles. The van der Waals surface area contributed by atoms with E-state index in [1.54, 1.807) is 12.1 Å². The first-order chi connectivity index (χ1) is 10.5. The number of halogens is 1. The highest BCUT2D eigenvalue weighted by atomic mass is 19.1. The Labute approximate surface area is 125 Å². The molecule has 2 aromatic carbocycles. The molecule has 3 rings (SSSR count). The average Bonchev–Trinajstić information content (AvgIpc) is 2.98. The minimum absolute atomic E-state index is 0.0640. The Morgan fingerprint density at radius 2 is 2.00 bits per heavy atom. The predicted octanol–water partition coefficient (Wildman–Crippen LogP) is 2.88. The van der Waals surface area contributed by atoms with Gasteiger partial charge in [0.15, 0.2) is 0 Å². The lowest BCUT2D eigenvalue weighted by Crippen LogP contribution is -2.09. The van der Waals surface area contributed by atoms with Crippen LogP contribution in [0.3, 0.4) is 0 Å². The van der Waals surface area contributed by atoms with E-state index in [0.717, 1.165) is 5.56 Å². The molecule has 22 heavy (non-hydrogen) atoms. The molecular formula is C15H12FN3O3. The van der Waals surface area contributed by atoms with Gasteiger partial charge in [-0.15, -0.1) is 0 Å². The van der Waals surface area contributed by atoms with E-state index in [1.165, 1.54) is 30.3 Å². The van der Waals surface area contributed by atoms with Crippen LogP contribution in [0.25, 0.3) is 0 Å². The van der Waals surface area contributed by atoms with E-state index in [1.807, 2.05) is 0 Å². The molecule has 0 radical (unpaired) electrons. The van der Waals surface area contributed by atoms with Crippen molar-refractivity contribution in [2.24, 2.45) is 5.10 Å². The standard InChI is InChI=1S/C15H12FN3O3/c16-10-3-1-9(2-4-10)13-8-14(18-17-13)12-7-11(19(21)22)5-6-15(12)20/h1-7,13,17,20H,8H2/t13-/m1/s1. The van der Waals surface area contributed by atoms with Gasteiger partial charge in [-0.2, -0.15) is 5.10 Å². The molecule has 1 heterocycles. The average molecular weight is 301 g/mol. The smallest absolute Gasteiger partial charge is 0.270 e. The number of rotatable bonds is 3. The predicted molar refractivity (Wildman–Crippen MR) is 78.2 cm³/mol. The Balaban J connectivity index is 1.84. The normalized spacial score (nSPS) is 17.0.